The number of carbonyl (C=O) groups excluding carboxylic acids is 2. The van der Waals surface area contributed by atoms with E-state index in [2.05, 4.69) is 10.3 Å². The molecule has 0 aliphatic carbocycles. The van der Waals surface area contributed by atoms with Gasteiger partial charge >= 0.3 is 0 Å². The molecule has 96 valence electrons. The van der Waals surface area contributed by atoms with Crippen molar-refractivity contribution in [3.63, 3.8) is 0 Å². The Labute approximate surface area is 109 Å². The highest BCUT2D eigenvalue weighted by Crippen LogP contribution is 2.29. The summed E-state index contributed by atoms with van der Waals surface area (Å²) in [4.78, 5) is 29.5. The van der Waals surface area contributed by atoms with Crippen LogP contribution in [0.5, 0.6) is 0 Å². The maximum absolute atomic E-state index is 12.4. The van der Waals surface area contributed by atoms with Crippen LogP contribution in [0.1, 0.15) is 10.5 Å². The molecule has 0 radical (unpaired) electrons. The fourth-order valence-corrected chi connectivity index (χ4v) is 2.08. The van der Waals surface area contributed by atoms with Gasteiger partial charge in [-0.15, -0.1) is 0 Å². The second kappa shape index (κ2) is 4.24. The fraction of sp³-hybridized carbons (Fsp3) is 0.154. The number of benzene rings is 1. The molecule has 0 saturated heterocycles. The molecule has 0 unspecified atom stereocenters. The van der Waals surface area contributed by atoms with Crippen LogP contribution in [0, 0.1) is 0 Å². The van der Waals surface area contributed by atoms with E-state index >= 15 is 0 Å². The Balaban J connectivity index is 2.01. The SMILES string of the molecule is Cn1cnc(C(=O)N2CC(=O)Nc3ccccc32)c1. The molecule has 19 heavy (non-hydrogen) atoms. The van der Waals surface area contributed by atoms with E-state index in [0.717, 1.165) is 0 Å². The number of hydrogen-bond donors (Lipinski definition) is 1. The van der Waals surface area contributed by atoms with E-state index in [1.165, 1.54) is 4.90 Å². The predicted octanol–water partition coefficient (Wildman–Crippen LogP) is 1.02. The quantitative estimate of drug-likeness (QED) is 0.828. The number of fused-ring (bicyclic) bond motifs is 1. The third kappa shape index (κ3) is 1.97. The number of imidazole rings is 1. The molecule has 2 amide bonds. The molecule has 0 atom stereocenters. The Kier molecular flexibility index (Phi) is 2.56. The monoisotopic (exact) mass is 256 g/mol. The Morgan fingerprint density at radius 3 is 2.89 bits per heavy atom. The lowest BCUT2D eigenvalue weighted by atomic mass is 10.2. The standard InChI is InChI=1S/C13H12N4O2/c1-16-6-10(14-8-16)13(19)17-7-12(18)15-9-4-2-3-5-11(9)17/h2-6,8H,7H2,1H3,(H,15,18). The number of para-hydroxylation sites is 2. The van der Waals surface area contributed by atoms with Crippen molar-refractivity contribution in [3.8, 4) is 0 Å². The summed E-state index contributed by atoms with van der Waals surface area (Å²) < 4.78 is 1.70. The molecular formula is C13H12N4O2. The largest absolute Gasteiger partial charge is 0.340 e. The number of amides is 2. The van der Waals surface area contributed by atoms with Crippen molar-refractivity contribution < 1.29 is 9.59 Å². The zero-order valence-corrected chi connectivity index (χ0v) is 10.3. The van der Waals surface area contributed by atoms with Crippen molar-refractivity contribution >= 4 is 23.2 Å². The lowest BCUT2D eigenvalue weighted by Crippen LogP contribution is -2.42. The number of nitrogens with one attached hydrogen (secondary N) is 1. The predicted molar refractivity (Wildman–Crippen MR) is 70.0 cm³/mol. The average molecular weight is 256 g/mol. The third-order valence-corrected chi connectivity index (χ3v) is 2.94. The number of aryl methyl sites for hydroxylation is 1. The van der Waals surface area contributed by atoms with Gasteiger partial charge in [-0.3, -0.25) is 14.5 Å². The van der Waals surface area contributed by atoms with Crippen molar-refractivity contribution in [2.75, 3.05) is 16.8 Å². The summed E-state index contributed by atoms with van der Waals surface area (Å²) in [5.74, 6) is -0.481. The summed E-state index contributed by atoms with van der Waals surface area (Å²) in [5.41, 5.74) is 1.66. The topological polar surface area (TPSA) is 67.2 Å². The van der Waals surface area contributed by atoms with Gasteiger partial charge < -0.3 is 9.88 Å². The Morgan fingerprint density at radius 1 is 1.37 bits per heavy atom. The zero-order chi connectivity index (χ0) is 13.4. The van der Waals surface area contributed by atoms with E-state index < -0.39 is 0 Å². The highest BCUT2D eigenvalue weighted by atomic mass is 16.2. The number of anilines is 2. The second-order valence-corrected chi connectivity index (χ2v) is 4.38. The molecule has 2 aromatic rings. The van der Waals surface area contributed by atoms with Crippen LogP contribution in [0.15, 0.2) is 36.8 Å². The van der Waals surface area contributed by atoms with Crippen LogP contribution in [0.25, 0.3) is 0 Å². The molecule has 2 heterocycles. The normalized spacial score (nSPS) is 13.9. The van der Waals surface area contributed by atoms with Gasteiger partial charge in [-0.2, -0.15) is 0 Å². The Hall–Kier alpha value is -2.63. The highest BCUT2D eigenvalue weighted by Gasteiger charge is 2.28. The molecule has 0 bridgehead atoms. The smallest absolute Gasteiger partial charge is 0.279 e. The lowest BCUT2D eigenvalue weighted by Gasteiger charge is -2.28. The van der Waals surface area contributed by atoms with Gasteiger partial charge in [0.05, 0.1) is 17.7 Å². The second-order valence-electron chi connectivity index (χ2n) is 4.38. The molecule has 3 rings (SSSR count). The summed E-state index contributed by atoms with van der Waals surface area (Å²) in [6, 6.07) is 7.21. The summed E-state index contributed by atoms with van der Waals surface area (Å²) in [5, 5.41) is 2.74. The molecule has 1 aliphatic rings. The summed E-state index contributed by atoms with van der Waals surface area (Å²) in [7, 11) is 1.79. The number of aromatic nitrogens is 2. The molecule has 1 aromatic carbocycles. The molecule has 1 aliphatic heterocycles. The van der Waals surface area contributed by atoms with Crippen molar-refractivity contribution in [1.29, 1.82) is 0 Å². The van der Waals surface area contributed by atoms with Crippen molar-refractivity contribution in [2.24, 2.45) is 7.05 Å². The minimum absolute atomic E-state index is 0.00637. The molecule has 0 saturated carbocycles. The Bertz CT molecular complexity index is 662. The summed E-state index contributed by atoms with van der Waals surface area (Å²) >= 11 is 0. The first-order valence-electron chi connectivity index (χ1n) is 5.84. The lowest BCUT2D eigenvalue weighted by molar-refractivity contribution is -0.115. The van der Waals surface area contributed by atoms with Crippen molar-refractivity contribution in [3.05, 3.63) is 42.5 Å². The number of hydrogen-bond acceptors (Lipinski definition) is 3. The van der Waals surface area contributed by atoms with Crippen LogP contribution < -0.4 is 10.2 Å². The third-order valence-electron chi connectivity index (χ3n) is 2.94. The van der Waals surface area contributed by atoms with Gasteiger partial charge in [-0.25, -0.2) is 4.98 Å². The van der Waals surface area contributed by atoms with Crippen LogP contribution in [-0.2, 0) is 11.8 Å². The average Bonchev–Trinajstić information content (AvgIpc) is 2.83. The minimum atomic E-state index is -0.275. The summed E-state index contributed by atoms with van der Waals surface area (Å²) in [6.07, 6.45) is 3.20. The van der Waals surface area contributed by atoms with E-state index in [9.17, 15) is 9.59 Å². The number of rotatable bonds is 1. The molecule has 1 aromatic heterocycles. The van der Waals surface area contributed by atoms with Crippen LogP contribution in [-0.4, -0.2) is 27.9 Å². The van der Waals surface area contributed by atoms with Gasteiger partial charge in [-0.05, 0) is 12.1 Å². The van der Waals surface area contributed by atoms with Gasteiger partial charge in [0.15, 0.2) is 0 Å². The van der Waals surface area contributed by atoms with Crippen molar-refractivity contribution in [1.82, 2.24) is 9.55 Å². The number of nitrogens with zero attached hydrogens (tertiary/aromatic N) is 3. The number of carbonyl (C=O) groups is 2. The molecule has 1 N–H and O–H groups in total. The van der Waals surface area contributed by atoms with Crippen LogP contribution in [0.3, 0.4) is 0 Å². The van der Waals surface area contributed by atoms with E-state index in [-0.39, 0.29) is 18.4 Å². The van der Waals surface area contributed by atoms with E-state index in [1.54, 1.807) is 36.3 Å². The highest BCUT2D eigenvalue weighted by molar-refractivity contribution is 6.14. The minimum Gasteiger partial charge on any atom is -0.340 e. The van der Waals surface area contributed by atoms with Crippen molar-refractivity contribution in [2.45, 2.75) is 0 Å². The van der Waals surface area contributed by atoms with Gasteiger partial charge in [0.2, 0.25) is 5.91 Å². The molecule has 0 fully saturated rings. The first kappa shape index (κ1) is 11.5. The van der Waals surface area contributed by atoms with Crippen LogP contribution >= 0.6 is 0 Å². The maximum Gasteiger partial charge on any atom is 0.279 e. The molecule has 0 spiro atoms. The molecular weight excluding hydrogens is 244 g/mol. The molecule has 6 nitrogen and oxygen atoms in total. The Morgan fingerprint density at radius 2 is 2.16 bits per heavy atom. The van der Waals surface area contributed by atoms with E-state index in [0.29, 0.717) is 17.1 Å². The van der Waals surface area contributed by atoms with Crippen LogP contribution in [0.2, 0.25) is 0 Å². The van der Waals surface area contributed by atoms with Gasteiger partial charge in [0, 0.05) is 13.2 Å². The first-order valence-corrected chi connectivity index (χ1v) is 5.84. The van der Waals surface area contributed by atoms with E-state index in [1.807, 2.05) is 12.1 Å². The maximum atomic E-state index is 12.4. The van der Waals surface area contributed by atoms with Gasteiger partial charge in [-0.1, -0.05) is 12.1 Å². The first-order chi connectivity index (χ1) is 9.15. The van der Waals surface area contributed by atoms with Crippen LogP contribution in [0.4, 0.5) is 11.4 Å². The fourth-order valence-electron chi connectivity index (χ4n) is 2.08. The van der Waals surface area contributed by atoms with E-state index in [4.69, 9.17) is 0 Å². The summed E-state index contributed by atoms with van der Waals surface area (Å²) in [6.45, 7) is 0.00637. The van der Waals surface area contributed by atoms with Gasteiger partial charge in [0.25, 0.3) is 5.91 Å². The van der Waals surface area contributed by atoms with Gasteiger partial charge in [0.1, 0.15) is 12.2 Å². The zero-order valence-electron chi connectivity index (χ0n) is 10.3. The molecule has 6 heteroatoms.